The van der Waals surface area contributed by atoms with Gasteiger partial charge in [0.05, 0.1) is 22.4 Å². The normalized spacial score (nSPS) is 11.5. The molecule has 1 heterocycles. The lowest BCUT2D eigenvalue weighted by Gasteiger charge is -2.14. The molecule has 0 aliphatic rings. The van der Waals surface area contributed by atoms with Gasteiger partial charge >= 0.3 is 5.97 Å². The number of thiophene rings is 1. The fraction of sp³-hybridized carbons (Fsp3) is 0.167. The first-order valence-corrected chi connectivity index (χ1v) is 14.9. The molecule has 2 amide bonds. The lowest BCUT2D eigenvalue weighted by Crippen LogP contribution is -2.23. The van der Waals surface area contributed by atoms with Gasteiger partial charge in [0.25, 0.3) is 5.91 Å². The minimum atomic E-state index is -0.503. The minimum Gasteiger partial charge on any atom is -0.462 e. The molecule has 6 nitrogen and oxygen atoms in total. The Bertz CT molecular complexity index is 1550. The van der Waals surface area contributed by atoms with E-state index in [4.69, 9.17) is 27.9 Å². The summed E-state index contributed by atoms with van der Waals surface area (Å²) in [6.07, 6.45) is 0. The van der Waals surface area contributed by atoms with Crippen molar-refractivity contribution in [2.75, 3.05) is 17.2 Å². The van der Waals surface area contributed by atoms with Crippen molar-refractivity contribution < 1.29 is 19.1 Å². The molecule has 3 aromatic carbocycles. The van der Waals surface area contributed by atoms with E-state index in [9.17, 15) is 14.4 Å². The van der Waals surface area contributed by atoms with Crippen LogP contribution >= 0.6 is 46.3 Å². The maximum atomic E-state index is 13.2. The zero-order chi connectivity index (χ0) is 28.8. The van der Waals surface area contributed by atoms with Gasteiger partial charge in [-0.05, 0) is 62.7 Å². The molecule has 0 saturated heterocycles. The van der Waals surface area contributed by atoms with Crippen molar-refractivity contribution in [3.05, 3.63) is 98.8 Å². The number of benzene rings is 3. The van der Waals surface area contributed by atoms with Crippen molar-refractivity contribution in [1.82, 2.24) is 0 Å². The van der Waals surface area contributed by atoms with Crippen molar-refractivity contribution in [2.45, 2.75) is 30.9 Å². The van der Waals surface area contributed by atoms with E-state index < -0.39 is 11.2 Å². The predicted octanol–water partition coefficient (Wildman–Crippen LogP) is 8.58. The topological polar surface area (TPSA) is 84.5 Å². The SMILES string of the molecule is CCOC(=O)c1c(-c2ccc(C)cc2)csc1NC(=O)C(C)Sc1cccc(NC(=O)c2ccc(Cl)cc2Cl)c1. The molecule has 0 saturated carbocycles. The summed E-state index contributed by atoms with van der Waals surface area (Å²) in [5.74, 6) is -1.13. The van der Waals surface area contributed by atoms with Crippen LogP contribution in [0.4, 0.5) is 10.7 Å². The van der Waals surface area contributed by atoms with Gasteiger partial charge in [-0.2, -0.15) is 0 Å². The van der Waals surface area contributed by atoms with Gasteiger partial charge in [0.1, 0.15) is 10.6 Å². The van der Waals surface area contributed by atoms with Gasteiger partial charge in [0.2, 0.25) is 5.91 Å². The number of thioether (sulfide) groups is 1. The summed E-state index contributed by atoms with van der Waals surface area (Å²) in [7, 11) is 0. The van der Waals surface area contributed by atoms with Crippen LogP contribution in [0.15, 0.2) is 77.0 Å². The zero-order valence-corrected chi connectivity index (χ0v) is 25.1. The first-order chi connectivity index (χ1) is 19.2. The van der Waals surface area contributed by atoms with E-state index in [0.717, 1.165) is 16.0 Å². The van der Waals surface area contributed by atoms with E-state index in [1.54, 1.807) is 44.2 Å². The van der Waals surface area contributed by atoms with Crippen LogP contribution in [0.3, 0.4) is 0 Å². The predicted molar refractivity (Wildman–Crippen MR) is 165 cm³/mol. The molecule has 206 valence electrons. The number of nitrogens with one attached hydrogen (secondary N) is 2. The van der Waals surface area contributed by atoms with Crippen molar-refractivity contribution >= 4 is 74.8 Å². The Labute approximate surface area is 251 Å². The molecule has 0 spiro atoms. The number of amides is 2. The van der Waals surface area contributed by atoms with Gasteiger partial charge in [-0.25, -0.2) is 4.79 Å². The summed E-state index contributed by atoms with van der Waals surface area (Å²) in [4.78, 5) is 39.5. The first kappa shape index (κ1) is 29.7. The van der Waals surface area contributed by atoms with E-state index in [0.29, 0.717) is 32.4 Å². The molecule has 0 aliphatic carbocycles. The fourth-order valence-corrected chi connectivity index (χ4v) is 6.17. The van der Waals surface area contributed by atoms with E-state index in [1.807, 2.05) is 42.6 Å². The molecule has 1 atom stereocenters. The Morgan fingerprint density at radius 3 is 2.45 bits per heavy atom. The molecule has 2 N–H and O–H groups in total. The molecule has 0 fully saturated rings. The Kier molecular flexibility index (Phi) is 9.92. The van der Waals surface area contributed by atoms with Gasteiger partial charge in [-0.1, -0.05) is 59.1 Å². The van der Waals surface area contributed by atoms with Crippen LogP contribution in [0.25, 0.3) is 11.1 Å². The molecule has 0 bridgehead atoms. The van der Waals surface area contributed by atoms with Crippen LogP contribution < -0.4 is 10.6 Å². The average Bonchev–Trinajstić information content (AvgIpc) is 3.32. The lowest BCUT2D eigenvalue weighted by molar-refractivity contribution is -0.115. The van der Waals surface area contributed by atoms with E-state index in [-0.39, 0.29) is 23.4 Å². The van der Waals surface area contributed by atoms with Gasteiger partial charge in [0.15, 0.2) is 0 Å². The minimum absolute atomic E-state index is 0.221. The monoisotopic (exact) mass is 612 g/mol. The molecule has 40 heavy (non-hydrogen) atoms. The van der Waals surface area contributed by atoms with Gasteiger partial charge in [-0.3, -0.25) is 9.59 Å². The van der Waals surface area contributed by atoms with Crippen molar-refractivity contribution in [3.8, 4) is 11.1 Å². The van der Waals surface area contributed by atoms with Crippen molar-refractivity contribution in [1.29, 1.82) is 0 Å². The third-order valence-corrected chi connectivity index (χ3v) is 8.36. The largest absolute Gasteiger partial charge is 0.462 e. The number of halogens is 2. The first-order valence-electron chi connectivity index (χ1n) is 12.4. The Balaban J connectivity index is 1.47. The second-order valence-corrected chi connectivity index (χ2v) is 11.9. The fourth-order valence-electron chi connectivity index (χ4n) is 3.79. The Morgan fingerprint density at radius 2 is 1.75 bits per heavy atom. The molecular formula is C30H26Cl2N2O4S2. The third-order valence-electron chi connectivity index (χ3n) is 5.82. The van der Waals surface area contributed by atoms with Crippen LogP contribution in [-0.4, -0.2) is 29.6 Å². The Hall–Kier alpha value is -3.30. The van der Waals surface area contributed by atoms with Crippen LogP contribution in [0, 0.1) is 6.92 Å². The van der Waals surface area contributed by atoms with E-state index >= 15 is 0 Å². The van der Waals surface area contributed by atoms with Gasteiger partial charge < -0.3 is 15.4 Å². The van der Waals surface area contributed by atoms with Crippen LogP contribution in [-0.2, 0) is 9.53 Å². The number of rotatable bonds is 9. The molecular weight excluding hydrogens is 587 g/mol. The second kappa shape index (κ2) is 13.4. The average molecular weight is 614 g/mol. The molecule has 10 heteroatoms. The molecule has 1 aromatic heterocycles. The zero-order valence-electron chi connectivity index (χ0n) is 21.9. The summed E-state index contributed by atoms with van der Waals surface area (Å²) in [6.45, 7) is 5.73. The maximum absolute atomic E-state index is 13.2. The number of ether oxygens (including phenoxy) is 1. The lowest BCUT2D eigenvalue weighted by atomic mass is 10.0. The standard InChI is InChI=1S/C30H26Cl2N2O4S2/c1-4-38-30(37)26-24(19-10-8-17(2)9-11-19)16-39-29(26)34-27(35)18(3)40-22-7-5-6-21(15-22)33-28(36)23-13-12-20(31)14-25(23)32/h5-16,18H,4H2,1-3H3,(H,33,36)(H,34,35). The van der Waals surface area contributed by atoms with Crippen molar-refractivity contribution in [2.24, 2.45) is 0 Å². The number of carbonyl (C=O) groups excluding carboxylic acids is 3. The van der Waals surface area contributed by atoms with E-state index in [2.05, 4.69) is 10.6 Å². The smallest absolute Gasteiger partial charge is 0.341 e. The van der Waals surface area contributed by atoms with Crippen LogP contribution in [0.2, 0.25) is 10.0 Å². The molecule has 0 aliphatic heterocycles. The molecule has 0 radical (unpaired) electrons. The summed E-state index contributed by atoms with van der Waals surface area (Å²) >= 11 is 14.7. The molecule has 1 unspecified atom stereocenters. The summed E-state index contributed by atoms with van der Waals surface area (Å²) in [5.41, 5.74) is 3.88. The molecule has 4 rings (SSSR count). The number of carbonyl (C=O) groups is 3. The maximum Gasteiger partial charge on any atom is 0.341 e. The van der Waals surface area contributed by atoms with Crippen LogP contribution in [0.1, 0.15) is 40.1 Å². The number of hydrogen-bond acceptors (Lipinski definition) is 6. The Morgan fingerprint density at radius 1 is 1.00 bits per heavy atom. The highest BCUT2D eigenvalue weighted by Gasteiger charge is 2.25. The highest BCUT2D eigenvalue weighted by molar-refractivity contribution is 8.00. The van der Waals surface area contributed by atoms with Gasteiger partial charge in [0, 0.05) is 26.5 Å². The summed E-state index contributed by atoms with van der Waals surface area (Å²) < 4.78 is 5.30. The number of hydrogen-bond donors (Lipinski definition) is 2. The highest BCUT2D eigenvalue weighted by Crippen LogP contribution is 2.37. The number of esters is 1. The van der Waals surface area contributed by atoms with Crippen molar-refractivity contribution in [3.63, 3.8) is 0 Å². The highest BCUT2D eigenvalue weighted by atomic mass is 35.5. The number of anilines is 2. The number of aryl methyl sites for hydroxylation is 1. The second-order valence-electron chi connectivity index (χ2n) is 8.80. The quantitative estimate of drug-likeness (QED) is 0.146. The summed E-state index contributed by atoms with van der Waals surface area (Å²) in [5, 5.41) is 8.22. The van der Waals surface area contributed by atoms with E-state index in [1.165, 1.54) is 29.2 Å². The van der Waals surface area contributed by atoms with Gasteiger partial charge in [-0.15, -0.1) is 23.1 Å². The molecule has 4 aromatic rings. The third kappa shape index (κ3) is 7.26. The summed E-state index contributed by atoms with van der Waals surface area (Å²) in [6, 6.07) is 19.7. The van der Waals surface area contributed by atoms with Crippen LogP contribution in [0.5, 0.6) is 0 Å².